The smallest absolute Gasteiger partial charge is 0.223 e. The van der Waals surface area contributed by atoms with Crippen molar-refractivity contribution < 1.29 is 19.0 Å². The van der Waals surface area contributed by atoms with Crippen LogP contribution < -0.4 is 14.2 Å². The second-order valence-corrected chi connectivity index (χ2v) is 7.08. The van der Waals surface area contributed by atoms with Gasteiger partial charge in [-0.2, -0.15) is 0 Å². The van der Waals surface area contributed by atoms with Gasteiger partial charge in [0.1, 0.15) is 5.75 Å². The average Bonchev–Trinajstić information content (AvgIpc) is 3.23. The summed E-state index contributed by atoms with van der Waals surface area (Å²) in [5, 5.41) is 0. The average molecular weight is 398 g/mol. The van der Waals surface area contributed by atoms with Gasteiger partial charge in [0.05, 0.1) is 25.9 Å². The summed E-state index contributed by atoms with van der Waals surface area (Å²) in [5.74, 6) is 2.55. The van der Waals surface area contributed by atoms with Crippen LogP contribution in [0.5, 0.6) is 17.2 Å². The zero-order valence-electron chi connectivity index (χ0n) is 17.4. The summed E-state index contributed by atoms with van der Waals surface area (Å²) in [7, 11) is 0. The van der Waals surface area contributed by atoms with Crippen LogP contribution in [0.4, 0.5) is 0 Å². The van der Waals surface area contributed by atoms with Crippen LogP contribution >= 0.6 is 0 Å². The molecular formula is C24H31NO4. The van der Waals surface area contributed by atoms with Crippen molar-refractivity contribution in [3.05, 3.63) is 54.1 Å². The molecular weight excluding hydrogens is 366 g/mol. The number of hydrogen-bond acceptors (Lipinski definition) is 4. The van der Waals surface area contributed by atoms with Gasteiger partial charge in [-0.3, -0.25) is 4.79 Å². The normalized spacial score (nSPS) is 15.9. The lowest BCUT2D eigenvalue weighted by Gasteiger charge is -2.25. The van der Waals surface area contributed by atoms with Gasteiger partial charge in [-0.05, 0) is 62.9 Å². The fraction of sp³-hybridized carbons (Fsp3) is 0.458. The van der Waals surface area contributed by atoms with E-state index in [2.05, 4.69) is 12.1 Å². The predicted octanol–water partition coefficient (Wildman–Crippen LogP) is 5.01. The maximum atomic E-state index is 12.8. The van der Waals surface area contributed by atoms with Crippen molar-refractivity contribution in [3.63, 3.8) is 0 Å². The number of hydrogen-bond donors (Lipinski definition) is 0. The van der Waals surface area contributed by atoms with E-state index in [1.807, 2.05) is 55.1 Å². The summed E-state index contributed by atoms with van der Waals surface area (Å²) in [4.78, 5) is 14.8. The number of likely N-dealkylation sites (tertiary alicyclic amines) is 1. The van der Waals surface area contributed by atoms with Crippen LogP contribution in [0.15, 0.2) is 48.5 Å². The van der Waals surface area contributed by atoms with E-state index in [9.17, 15) is 4.79 Å². The molecule has 1 fully saturated rings. The van der Waals surface area contributed by atoms with Crippen LogP contribution in [0.2, 0.25) is 0 Å². The summed E-state index contributed by atoms with van der Waals surface area (Å²) in [6.45, 7) is 6.50. The first-order valence-electron chi connectivity index (χ1n) is 10.6. The molecule has 0 spiro atoms. The molecule has 0 N–H and O–H groups in total. The lowest BCUT2D eigenvalue weighted by atomic mass is 10.0. The van der Waals surface area contributed by atoms with Gasteiger partial charge in [-0.1, -0.05) is 24.3 Å². The first-order valence-corrected chi connectivity index (χ1v) is 10.6. The van der Waals surface area contributed by atoms with Crippen molar-refractivity contribution >= 4 is 5.91 Å². The summed E-state index contributed by atoms with van der Waals surface area (Å²) < 4.78 is 16.9. The summed E-state index contributed by atoms with van der Waals surface area (Å²) >= 11 is 0. The zero-order chi connectivity index (χ0) is 20.5. The Hall–Kier alpha value is -2.69. The molecule has 156 valence electrons. The van der Waals surface area contributed by atoms with Crippen molar-refractivity contribution in [2.45, 2.75) is 45.6 Å². The molecule has 2 aromatic rings. The highest BCUT2D eigenvalue weighted by atomic mass is 16.5. The van der Waals surface area contributed by atoms with Crippen LogP contribution in [-0.4, -0.2) is 37.2 Å². The topological polar surface area (TPSA) is 48.0 Å². The molecule has 1 amide bonds. The minimum Gasteiger partial charge on any atom is -0.494 e. The van der Waals surface area contributed by atoms with Crippen molar-refractivity contribution in [1.82, 2.24) is 4.90 Å². The van der Waals surface area contributed by atoms with Crippen molar-refractivity contribution in [1.29, 1.82) is 0 Å². The minimum atomic E-state index is 0.165. The number of benzene rings is 2. The van der Waals surface area contributed by atoms with Gasteiger partial charge in [-0.15, -0.1) is 0 Å². The van der Waals surface area contributed by atoms with E-state index in [0.717, 1.165) is 36.6 Å². The molecule has 2 aromatic carbocycles. The summed E-state index contributed by atoms with van der Waals surface area (Å²) in [6, 6.07) is 15.9. The molecule has 0 aliphatic carbocycles. The number of carbonyl (C=O) groups is 1. The number of amides is 1. The third-order valence-electron chi connectivity index (χ3n) is 5.09. The number of para-hydroxylation sites is 2. The quantitative estimate of drug-likeness (QED) is 0.529. The molecule has 1 heterocycles. The number of rotatable bonds is 10. The summed E-state index contributed by atoms with van der Waals surface area (Å²) in [6.07, 6.45) is 3.23. The Kier molecular flexibility index (Phi) is 7.79. The van der Waals surface area contributed by atoms with Crippen LogP contribution in [0.3, 0.4) is 0 Å². The van der Waals surface area contributed by atoms with E-state index >= 15 is 0 Å². The lowest BCUT2D eigenvalue weighted by molar-refractivity contribution is -0.132. The van der Waals surface area contributed by atoms with Gasteiger partial charge in [0, 0.05) is 13.0 Å². The van der Waals surface area contributed by atoms with E-state index in [4.69, 9.17) is 14.2 Å². The standard InChI is InChI=1S/C24H31NO4/c1-3-27-20-15-13-19(14-16-20)21-9-7-17-25(21)24(26)12-8-18-29-23-11-6-5-10-22(23)28-4-2/h5-6,10-11,13-16,21H,3-4,7-9,12,17-18H2,1-2H3. The van der Waals surface area contributed by atoms with E-state index in [1.165, 1.54) is 5.56 Å². The minimum absolute atomic E-state index is 0.165. The molecule has 0 aromatic heterocycles. The van der Waals surface area contributed by atoms with E-state index in [0.29, 0.717) is 32.7 Å². The van der Waals surface area contributed by atoms with Gasteiger partial charge >= 0.3 is 0 Å². The van der Waals surface area contributed by atoms with Gasteiger partial charge in [0.25, 0.3) is 0 Å². The number of ether oxygens (including phenoxy) is 3. The first kappa shape index (κ1) is 21.0. The largest absolute Gasteiger partial charge is 0.494 e. The molecule has 1 aliphatic rings. The van der Waals surface area contributed by atoms with Crippen molar-refractivity contribution in [2.24, 2.45) is 0 Å². The molecule has 1 unspecified atom stereocenters. The zero-order valence-corrected chi connectivity index (χ0v) is 17.4. The van der Waals surface area contributed by atoms with Crippen molar-refractivity contribution in [3.8, 4) is 17.2 Å². The second-order valence-electron chi connectivity index (χ2n) is 7.08. The third-order valence-corrected chi connectivity index (χ3v) is 5.09. The lowest BCUT2D eigenvalue weighted by Crippen LogP contribution is -2.30. The maximum absolute atomic E-state index is 12.8. The molecule has 0 bridgehead atoms. The van der Waals surface area contributed by atoms with Gasteiger partial charge in [-0.25, -0.2) is 0 Å². The Labute approximate surface area is 173 Å². The van der Waals surface area contributed by atoms with E-state index in [1.54, 1.807) is 0 Å². The number of carbonyl (C=O) groups excluding carboxylic acids is 1. The van der Waals surface area contributed by atoms with Gasteiger partial charge in [0.2, 0.25) is 5.91 Å². The Bertz CT molecular complexity index is 775. The fourth-order valence-electron chi connectivity index (χ4n) is 3.76. The monoisotopic (exact) mass is 397 g/mol. The van der Waals surface area contributed by atoms with Crippen LogP contribution in [0.25, 0.3) is 0 Å². The first-order chi connectivity index (χ1) is 14.2. The van der Waals surface area contributed by atoms with Crippen LogP contribution in [0.1, 0.15) is 51.1 Å². The molecule has 0 saturated carbocycles. The van der Waals surface area contributed by atoms with Crippen molar-refractivity contribution in [2.75, 3.05) is 26.4 Å². The Balaban J connectivity index is 1.50. The third kappa shape index (κ3) is 5.66. The van der Waals surface area contributed by atoms with Crippen LogP contribution in [-0.2, 0) is 4.79 Å². The maximum Gasteiger partial charge on any atom is 0.223 e. The highest BCUT2D eigenvalue weighted by Gasteiger charge is 2.29. The Morgan fingerprint density at radius 3 is 2.34 bits per heavy atom. The molecule has 1 atom stereocenters. The molecule has 0 radical (unpaired) electrons. The van der Waals surface area contributed by atoms with Gasteiger partial charge < -0.3 is 19.1 Å². The molecule has 1 saturated heterocycles. The molecule has 5 nitrogen and oxygen atoms in total. The van der Waals surface area contributed by atoms with Gasteiger partial charge in [0.15, 0.2) is 11.5 Å². The highest BCUT2D eigenvalue weighted by molar-refractivity contribution is 5.77. The SMILES string of the molecule is CCOc1ccc(C2CCCN2C(=O)CCCOc2ccccc2OCC)cc1. The molecule has 1 aliphatic heterocycles. The van der Waals surface area contributed by atoms with Crippen LogP contribution in [0, 0.1) is 0 Å². The predicted molar refractivity (Wildman–Crippen MR) is 114 cm³/mol. The molecule has 5 heteroatoms. The molecule has 29 heavy (non-hydrogen) atoms. The Morgan fingerprint density at radius 2 is 1.66 bits per heavy atom. The summed E-state index contributed by atoms with van der Waals surface area (Å²) in [5.41, 5.74) is 1.18. The van der Waals surface area contributed by atoms with E-state index in [-0.39, 0.29) is 11.9 Å². The fourth-order valence-corrected chi connectivity index (χ4v) is 3.76. The van der Waals surface area contributed by atoms with E-state index < -0.39 is 0 Å². The second kappa shape index (κ2) is 10.7. The Morgan fingerprint density at radius 1 is 0.966 bits per heavy atom. The highest BCUT2D eigenvalue weighted by Crippen LogP contribution is 2.33. The molecule has 3 rings (SSSR count). The number of nitrogens with zero attached hydrogens (tertiary/aromatic N) is 1.